The monoisotopic (exact) mass is 1180 g/mol. The van der Waals surface area contributed by atoms with Gasteiger partial charge in [-0.1, -0.05) is 114 Å². The highest BCUT2D eigenvalue weighted by Gasteiger charge is 2.45. The number of Topliss-reactive ketones (excluding diaryl/α,β-unsaturated/α-hetero) is 1. The number of anilines is 1. The van der Waals surface area contributed by atoms with E-state index in [1.54, 1.807) is 21.2 Å². The molecule has 0 bridgehead atoms. The Hall–Kier alpha value is -3.60. The summed E-state index contributed by atoms with van der Waals surface area (Å²) in [5.41, 5.74) is 12.9. The highest BCUT2D eigenvalue weighted by atomic mass is 35.5. The zero-order valence-electron chi connectivity index (χ0n) is 37.9. The SMILES string of the molecule is Cc1cc2nc(CC(=O)[C@H]3C[C@@H]3c3ccccc3)cc(Cl)n2n1.Cc1cc2nc(N)cc(Cl)n2n1.O=C(Cl)C(=O)Cl.O=C(Cl)[C@H]1C[C@@H]1c1ccccc1.O=C(O)[C@H]1C[C@@H]1c1ccccc1.S.S.S.S.S.S. The number of carbonyl (C=O) groups is 5. The predicted molar refractivity (Wildman–Crippen MR) is 313 cm³/mol. The second-order valence-electron chi connectivity index (χ2n) is 15.6. The largest absolute Gasteiger partial charge is 0.481 e. The van der Waals surface area contributed by atoms with E-state index in [2.05, 4.69) is 55.5 Å². The summed E-state index contributed by atoms with van der Waals surface area (Å²) in [4.78, 5) is 61.2. The Morgan fingerprint density at radius 3 is 1.31 bits per heavy atom. The van der Waals surface area contributed by atoms with Gasteiger partial charge in [0.1, 0.15) is 21.9 Å². The molecule has 10 rings (SSSR count). The Balaban J connectivity index is 0.000000896. The van der Waals surface area contributed by atoms with Crippen LogP contribution in [-0.2, 0) is 30.4 Å². The van der Waals surface area contributed by atoms with Crippen molar-refractivity contribution in [1.29, 1.82) is 0 Å². The van der Waals surface area contributed by atoms with Gasteiger partial charge in [0.05, 0.1) is 23.0 Å². The van der Waals surface area contributed by atoms with Gasteiger partial charge >= 0.3 is 16.5 Å². The first kappa shape index (κ1) is 67.4. The topological polar surface area (TPSA) is 192 Å². The first-order valence-corrected chi connectivity index (χ1v) is 22.2. The number of ketones is 1. The number of halogens is 5. The molecule has 0 amide bonds. The molecule has 0 saturated heterocycles. The van der Waals surface area contributed by atoms with Crippen molar-refractivity contribution in [2.45, 2.75) is 57.3 Å². The van der Waals surface area contributed by atoms with Gasteiger partial charge < -0.3 is 10.8 Å². The number of aromatic nitrogens is 6. The number of carboxylic acids is 1. The van der Waals surface area contributed by atoms with E-state index in [1.165, 1.54) is 11.1 Å². The number of fused-ring (bicyclic) bond motifs is 2. The van der Waals surface area contributed by atoms with E-state index in [1.807, 2.05) is 105 Å². The molecule has 71 heavy (non-hydrogen) atoms. The summed E-state index contributed by atoms with van der Waals surface area (Å²) < 4.78 is 3.14. The fourth-order valence-electron chi connectivity index (χ4n) is 7.24. The second kappa shape index (κ2) is 31.2. The molecule has 13 nitrogen and oxygen atoms in total. The number of nitrogens with two attached hydrogens (primary N) is 1. The minimum absolute atomic E-state index is 0. The van der Waals surface area contributed by atoms with Gasteiger partial charge in [-0.3, -0.25) is 24.0 Å². The van der Waals surface area contributed by atoms with Crippen LogP contribution in [0.3, 0.4) is 0 Å². The smallest absolute Gasteiger partial charge is 0.307 e. The lowest BCUT2D eigenvalue weighted by atomic mass is 10.1. The third-order valence-corrected chi connectivity index (χ3v) is 11.9. The van der Waals surface area contributed by atoms with Gasteiger partial charge in [0.25, 0.3) is 0 Å². The van der Waals surface area contributed by atoms with Crippen LogP contribution in [0.4, 0.5) is 5.82 Å². The van der Waals surface area contributed by atoms with E-state index in [-0.39, 0.29) is 116 Å². The molecule has 3 fully saturated rings. The molecule has 4 aromatic heterocycles. The molecule has 7 aromatic rings. The summed E-state index contributed by atoms with van der Waals surface area (Å²) >= 11 is 26.4. The van der Waals surface area contributed by atoms with Gasteiger partial charge in [0.15, 0.2) is 11.3 Å². The molecule has 384 valence electrons. The van der Waals surface area contributed by atoms with Crippen LogP contribution < -0.4 is 5.73 Å². The van der Waals surface area contributed by atoms with Crippen molar-refractivity contribution in [1.82, 2.24) is 29.2 Å². The Bertz CT molecular complexity index is 2780. The zero-order chi connectivity index (χ0) is 46.9. The maximum absolute atomic E-state index is 12.5. The predicted octanol–water partition coefficient (Wildman–Crippen LogP) is 10.5. The van der Waals surface area contributed by atoms with Gasteiger partial charge in [-0.15, -0.1) is 0 Å². The van der Waals surface area contributed by atoms with E-state index in [0.717, 1.165) is 36.2 Å². The second-order valence-corrected chi connectivity index (χ2v) is 17.4. The van der Waals surface area contributed by atoms with Gasteiger partial charge in [0, 0.05) is 36.5 Å². The number of nitrogens with zero attached hydrogens (tertiary/aromatic N) is 6. The first-order chi connectivity index (χ1) is 31.0. The molecule has 0 unspecified atom stereocenters. The number of rotatable bonds is 9. The quantitative estimate of drug-likeness (QED) is 0.0794. The molecule has 24 heteroatoms. The Labute approximate surface area is 478 Å². The number of aliphatic carboxylic acids is 1. The number of hydrogen-bond acceptors (Lipinski definition) is 10. The van der Waals surface area contributed by atoms with Crippen molar-refractivity contribution < 1.29 is 29.1 Å². The summed E-state index contributed by atoms with van der Waals surface area (Å²) in [6, 6.07) is 37.1. The van der Waals surface area contributed by atoms with Crippen LogP contribution in [0.25, 0.3) is 11.3 Å². The molecule has 3 aliphatic rings. The third kappa shape index (κ3) is 19.6. The van der Waals surface area contributed by atoms with Crippen molar-refractivity contribution in [2.75, 3.05) is 5.73 Å². The molecule has 3 aliphatic carbocycles. The molecule has 0 radical (unpaired) electrons. The summed E-state index contributed by atoms with van der Waals surface area (Å²) in [5.74, 6) is 1.06. The molecule has 0 spiro atoms. The highest BCUT2D eigenvalue weighted by molar-refractivity contribution is 7.60. The normalized spacial score (nSPS) is 18.0. The number of nitrogen functional groups attached to an aromatic ring is 1. The maximum Gasteiger partial charge on any atom is 0.307 e. The lowest BCUT2D eigenvalue weighted by Crippen LogP contribution is -2.09. The molecular weight excluding hydrogens is 1130 g/mol. The average Bonchev–Trinajstić information content (AvgIpc) is 4.20. The molecule has 3 saturated carbocycles. The fraction of sp³-hybridized carbons (Fsp3) is 0.255. The van der Waals surface area contributed by atoms with Crippen LogP contribution in [0.15, 0.2) is 115 Å². The lowest BCUT2D eigenvalue weighted by molar-refractivity contribution is -0.138. The van der Waals surface area contributed by atoms with Crippen molar-refractivity contribution in [3.63, 3.8) is 0 Å². The molecular formula is C47H54Cl5N7O6S6. The molecule has 0 aliphatic heterocycles. The van der Waals surface area contributed by atoms with Gasteiger partial charge in [-0.2, -0.15) is 91.2 Å². The summed E-state index contributed by atoms with van der Waals surface area (Å²) in [7, 11) is 0. The third-order valence-electron chi connectivity index (χ3n) is 10.7. The van der Waals surface area contributed by atoms with Gasteiger partial charge in [0.2, 0.25) is 5.24 Å². The van der Waals surface area contributed by atoms with Crippen molar-refractivity contribution in [3.8, 4) is 0 Å². The number of carbonyl (C=O) groups excluding carboxylic acids is 4. The van der Waals surface area contributed by atoms with Crippen molar-refractivity contribution >= 4 is 184 Å². The maximum atomic E-state index is 12.5. The van der Waals surface area contributed by atoms with Crippen molar-refractivity contribution in [3.05, 3.63) is 159 Å². The standard InChI is InChI=1S/C18H16ClN3O.C10H9ClO.C10H10O2.C7H7ClN4.C2Cl2O2.6H2S/c1-11-7-18-20-13(9-17(19)22(18)21-11)8-16(23)15-10-14(15)12-5-3-2-4-6-12;2*11-10(12)9-6-8(9)7-4-2-1-3-5-7;1-4-2-7-10-6(9)3-5(8)12(7)11-4;3-1(5)2(4)6;;;;;;/h2-7,9,14-15H,8,10H2,1H3;1-5,8-9H,6H2;1-5,8-9H,6H2,(H,11,12);2-3H,1H3,(H2,9,10);;6*1H2/t14-,15+;2*8-,9+;;;;;;;;/m111......../s1. The van der Waals surface area contributed by atoms with E-state index in [9.17, 15) is 24.0 Å². The minimum Gasteiger partial charge on any atom is -0.481 e. The number of carboxylic acid groups (broad SMARTS) is 1. The summed E-state index contributed by atoms with van der Waals surface area (Å²) in [5, 5.41) is 15.6. The highest BCUT2D eigenvalue weighted by Crippen LogP contribution is 2.49. The van der Waals surface area contributed by atoms with E-state index >= 15 is 0 Å². The van der Waals surface area contributed by atoms with Crippen LogP contribution in [0, 0.1) is 31.6 Å². The van der Waals surface area contributed by atoms with E-state index < -0.39 is 16.5 Å². The van der Waals surface area contributed by atoms with Crippen LogP contribution in [-0.4, -0.2) is 61.8 Å². The molecule has 3 aromatic carbocycles. The van der Waals surface area contributed by atoms with Crippen LogP contribution in [0.2, 0.25) is 10.3 Å². The Kier molecular flexibility index (Phi) is 29.6. The Morgan fingerprint density at radius 1 is 0.563 bits per heavy atom. The fourth-order valence-corrected chi connectivity index (χ4v) is 7.97. The van der Waals surface area contributed by atoms with Gasteiger partial charge in [-0.05, 0) is 108 Å². The molecule has 4 heterocycles. The number of aryl methyl sites for hydroxylation is 2. The van der Waals surface area contributed by atoms with Gasteiger partial charge in [-0.25, -0.2) is 19.0 Å². The first-order valence-electron chi connectivity index (χ1n) is 20.3. The van der Waals surface area contributed by atoms with E-state index in [4.69, 9.17) is 45.6 Å². The zero-order valence-corrected chi connectivity index (χ0v) is 47.7. The Morgan fingerprint density at radius 2 is 0.930 bits per heavy atom. The van der Waals surface area contributed by atoms with E-state index in [0.29, 0.717) is 51.4 Å². The molecule has 6 atom stereocenters. The summed E-state index contributed by atoms with van der Waals surface area (Å²) in [6.45, 7) is 3.77. The summed E-state index contributed by atoms with van der Waals surface area (Å²) in [6.07, 6.45) is 2.99. The number of benzene rings is 3. The van der Waals surface area contributed by atoms with Crippen molar-refractivity contribution in [2.24, 2.45) is 17.8 Å². The van der Waals surface area contributed by atoms with Crippen LogP contribution in [0.1, 0.15) is 70.8 Å². The molecule has 3 N–H and O–H groups in total. The van der Waals surface area contributed by atoms with Crippen LogP contribution >= 0.6 is 139 Å². The average molecular weight is 1180 g/mol. The lowest BCUT2D eigenvalue weighted by Gasteiger charge is -2.03. The van der Waals surface area contributed by atoms with Crippen LogP contribution in [0.5, 0.6) is 0 Å². The minimum atomic E-state index is -1.14. The number of hydrogen-bond donors (Lipinski definition) is 2.